The number of fused-ring (bicyclic) bond motifs is 1. The summed E-state index contributed by atoms with van der Waals surface area (Å²) in [5, 5.41) is 3.13. The predicted molar refractivity (Wildman–Crippen MR) is 118 cm³/mol. The molecule has 0 radical (unpaired) electrons. The van der Waals surface area contributed by atoms with E-state index in [9.17, 15) is 18.0 Å². The zero-order valence-electron chi connectivity index (χ0n) is 17.7. The number of piperidine rings is 1. The van der Waals surface area contributed by atoms with E-state index in [0.29, 0.717) is 23.4 Å². The fraction of sp³-hybridized carbons (Fsp3) is 0.381. The molecule has 9 nitrogen and oxygen atoms in total. The monoisotopic (exact) mass is 443 g/mol. The Balaban J connectivity index is 1.74. The number of sulfonamides is 1. The van der Waals surface area contributed by atoms with Gasteiger partial charge in [-0.05, 0) is 45.2 Å². The molecule has 0 spiro atoms. The van der Waals surface area contributed by atoms with Crippen LogP contribution in [-0.4, -0.2) is 46.6 Å². The van der Waals surface area contributed by atoms with E-state index in [1.807, 2.05) is 6.07 Å². The van der Waals surface area contributed by atoms with Gasteiger partial charge in [-0.3, -0.25) is 19.4 Å². The van der Waals surface area contributed by atoms with Crippen molar-refractivity contribution < 1.29 is 13.2 Å². The Morgan fingerprint density at radius 3 is 2.71 bits per heavy atom. The minimum absolute atomic E-state index is 0.162. The first kappa shape index (κ1) is 21.1. The second kappa shape index (κ2) is 7.84. The van der Waals surface area contributed by atoms with Crippen molar-refractivity contribution in [1.29, 1.82) is 0 Å². The fourth-order valence-corrected chi connectivity index (χ4v) is 4.60. The standard InChI is InChI=1S/C21H25N5O4S/c1-13-14(2)22-19-12-17(23-26(19)20(13)27)18-10-6-7-11-25(18)21(28)15-8-4-5-9-16(15)24-31(3,29)30/h4-5,8-9,12,18,23-24H,6-7,10-11H2,1-3H3/t18-/m1/s1. The number of anilines is 1. The van der Waals surface area contributed by atoms with Gasteiger partial charge in [0.25, 0.3) is 11.5 Å². The molecule has 0 saturated carbocycles. The smallest absolute Gasteiger partial charge is 0.275 e. The summed E-state index contributed by atoms with van der Waals surface area (Å²) in [5.74, 6) is -0.261. The molecule has 0 aliphatic carbocycles. The van der Waals surface area contributed by atoms with Crippen molar-refractivity contribution in [2.24, 2.45) is 0 Å². The number of aromatic amines is 1. The van der Waals surface area contributed by atoms with E-state index in [4.69, 9.17) is 0 Å². The second-order valence-electron chi connectivity index (χ2n) is 7.96. The van der Waals surface area contributed by atoms with E-state index in [1.165, 1.54) is 4.52 Å². The third kappa shape index (κ3) is 4.07. The molecule has 3 aromatic rings. The maximum Gasteiger partial charge on any atom is 0.275 e. The fourth-order valence-electron chi connectivity index (χ4n) is 4.02. The van der Waals surface area contributed by atoms with Gasteiger partial charge in [-0.1, -0.05) is 12.1 Å². The van der Waals surface area contributed by atoms with Crippen molar-refractivity contribution in [3.05, 3.63) is 63.2 Å². The molecule has 1 aromatic carbocycles. The molecule has 1 saturated heterocycles. The minimum Gasteiger partial charge on any atom is -0.330 e. The van der Waals surface area contributed by atoms with Crippen LogP contribution >= 0.6 is 0 Å². The Kier molecular flexibility index (Phi) is 5.34. The zero-order valence-corrected chi connectivity index (χ0v) is 18.5. The lowest BCUT2D eigenvalue weighted by Crippen LogP contribution is -2.39. The highest BCUT2D eigenvalue weighted by atomic mass is 32.2. The summed E-state index contributed by atoms with van der Waals surface area (Å²) in [6, 6.07) is 8.12. The van der Waals surface area contributed by atoms with Crippen LogP contribution in [0.25, 0.3) is 5.65 Å². The third-order valence-electron chi connectivity index (χ3n) is 5.68. The number of H-pyrrole nitrogens is 1. The van der Waals surface area contributed by atoms with Gasteiger partial charge in [0, 0.05) is 23.9 Å². The molecule has 1 aliphatic rings. The van der Waals surface area contributed by atoms with Crippen molar-refractivity contribution in [2.75, 3.05) is 17.5 Å². The summed E-state index contributed by atoms with van der Waals surface area (Å²) in [4.78, 5) is 32.3. The van der Waals surface area contributed by atoms with Crippen LogP contribution in [0.4, 0.5) is 5.69 Å². The number of benzene rings is 1. The van der Waals surface area contributed by atoms with E-state index in [1.54, 1.807) is 43.0 Å². The topological polar surface area (TPSA) is 117 Å². The number of carbonyl (C=O) groups is 1. The van der Waals surface area contributed by atoms with Crippen molar-refractivity contribution in [1.82, 2.24) is 19.5 Å². The Labute approximate surface area is 180 Å². The van der Waals surface area contributed by atoms with Crippen LogP contribution in [-0.2, 0) is 10.0 Å². The van der Waals surface area contributed by atoms with Gasteiger partial charge in [0.05, 0.1) is 29.2 Å². The second-order valence-corrected chi connectivity index (χ2v) is 9.71. The number of aryl methyl sites for hydroxylation is 1. The first-order valence-corrected chi connectivity index (χ1v) is 12.0. The maximum atomic E-state index is 13.5. The van der Waals surface area contributed by atoms with Gasteiger partial charge >= 0.3 is 0 Å². The van der Waals surface area contributed by atoms with Gasteiger partial charge in [0.2, 0.25) is 10.0 Å². The van der Waals surface area contributed by atoms with Gasteiger partial charge in [0.1, 0.15) is 0 Å². The van der Waals surface area contributed by atoms with E-state index in [2.05, 4.69) is 14.8 Å². The molecule has 4 rings (SSSR count). The number of hydrogen-bond donors (Lipinski definition) is 2. The number of nitrogens with one attached hydrogen (secondary N) is 2. The molecule has 164 valence electrons. The molecule has 3 heterocycles. The first-order chi connectivity index (χ1) is 14.7. The highest BCUT2D eigenvalue weighted by Gasteiger charge is 2.31. The van der Waals surface area contributed by atoms with E-state index < -0.39 is 10.0 Å². The molecular formula is C21H25N5O4S. The molecule has 1 aliphatic heterocycles. The zero-order chi connectivity index (χ0) is 22.3. The SMILES string of the molecule is Cc1nc2cc([C@H]3CCCCN3C(=O)c3ccccc3NS(C)(=O)=O)[nH]n2c(=O)c1C. The van der Waals surface area contributed by atoms with Crippen LogP contribution in [0.15, 0.2) is 35.1 Å². The van der Waals surface area contributed by atoms with Crippen molar-refractivity contribution in [3.8, 4) is 0 Å². The van der Waals surface area contributed by atoms with Gasteiger partial charge in [0.15, 0.2) is 5.65 Å². The average Bonchev–Trinajstić information content (AvgIpc) is 3.15. The van der Waals surface area contributed by atoms with Crippen LogP contribution in [0, 0.1) is 13.8 Å². The molecule has 0 bridgehead atoms. The Morgan fingerprint density at radius 2 is 1.97 bits per heavy atom. The number of hydrogen-bond acceptors (Lipinski definition) is 5. The number of likely N-dealkylation sites (tertiary alicyclic amines) is 1. The van der Waals surface area contributed by atoms with Crippen LogP contribution in [0.2, 0.25) is 0 Å². The molecule has 1 amide bonds. The number of nitrogens with zero attached hydrogens (tertiary/aromatic N) is 3. The molecular weight excluding hydrogens is 418 g/mol. The largest absolute Gasteiger partial charge is 0.330 e. The lowest BCUT2D eigenvalue weighted by molar-refractivity contribution is 0.0607. The van der Waals surface area contributed by atoms with Crippen LogP contribution in [0.1, 0.15) is 52.6 Å². The van der Waals surface area contributed by atoms with Crippen molar-refractivity contribution in [2.45, 2.75) is 39.2 Å². The lowest BCUT2D eigenvalue weighted by atomic mass is 9.98. The molecule has 0 unspecified atom stereocenters. The first-order valence-electron chi connectivity index (χ1n) is 10.1. The molecule has 2 aromatic heterocycles. The van der Waals surface area contributed by atoms with Crippen LogP contribution in [0.5, 0.6) is 0 Å². The van der Waals surface area contributed by atoms with Crippen molar-refractivity contribution >= 4 is 27.3 Å². The highest BCUT2D eigenvalue weighted by Crippen LogP contribution is 2.33. The summed E-state index contributed by atoms with van der Waals surface area (Å²) in [6.07, 6.45) is 3.57. The normalized spacial score (nSPS) is 17.1. The highest BCUT2D eigenvalue weighted by molar-refractivity contribution is 7.92. The number of amides is 1. The Morgan fingerprint density at radius 1 is 1.23 bits per heavy atom. The average molecular weight is 444 g/mol. The summed E-state index contributed by atoms with van der Waals surface area (Å²) in [7, 11) is -3.53. The Bertz CT molecular complexity index is 1330. The summed E-state index contributed by atoms with van der Waals surface area (Å²) >= 11 is 0. The number of aromatic nitrogens is 3. The number of carbonyl (C=O) groups excluding carboxylic acids is 1. The van der Waals surface area contributed by atoms with E-state index >= 15 is 0 Å². The minimum atomic E-state index is -3.53. The molecule has 31 heavy (non-hydrogen) atoms. The van der Waals surface area contributed by atoms with Crippen LogP contribution < -0.4 is 10.3 Å². The lowest BCUT2D eigenvalue weighted by Gasteiger charge is -2.35. The summed E-state index contributed by atoms with van der Waals surface area (Å²) < 4.78 is 27.3. The van der Waals surface area contributed by atoms with E-state index in [-0.39, 0.29) is 28.8 Å². The molecule has 10 heteroatoms. The number of para-hydroxylation sites is 1. The van der Waals surface area contributed by atoms with E-state index in [0.717, 1.165) is 31.2 Å². The predicted octanol–water partition coefficient (Wildman–Crippen LogP) is 2.38. The van der Waals surface area contributed by atoms with Gasteiger partial charge in [-0.15, -0.1) is 0 Å². The molecule has 2 N–H and O–H groups in total. The van der Waals surface area contributed by atoms with Gasteiger partial charge < -0.3 is 4.90 Å². The van der Waals surface area contributed by atoms with Gasteiger partial charge in [-0.25, -0.2) is 17.9 Å². The van der Waals surface area contributed by atoms with Gasteiger partial charge in [-0.2, -0.15) is 0 Å². The Hall–Kier alpha value is -3.14. The summed E-state index contributed by atoms with van der Waals surface area (Å²) in [6.45, 7) is 4.07. The van der Waals surface area contributed by atoms with Crippen LogP contribution in [0.3, 0.4) is 0 Å². The molecule has 1 fully saturated rings. The third-order valence-corrected chi connectivity index (χ3v) is 6.27. The molecule has 1 atom stereocenters. The van der Waals surface area contributed by atoms with Crippen molar-refractivity contribution in [3.63, 3.8) is 0 Å². The summed E-state index contributed by atoms with van der Waals surface area (Å²) in [5.41, 5.74) is 2.87. The quantitative estimate of drug-likeness (QED) is 0.642. The number of rotatable bonds is 4. The maximum absolute atomic E-state index is 13.5.